The minimum atomic E-state index is 0.554. The maximum atomic E-state index is 5.57. The summed E-state index contributed by atoms with van der Waals surface area (Å²) in [4.78, 5) is 0. The van der Waals surface area contributed by atoms with Crippen molar-refractivity contribution in [3.05, 3.63) is 0 Å². The lowest BCUT2D eigenvalue weighted by atomic mass is 9.91. The molecule has 12 heavy (non-hydrogen) atoms. The summed E-state index contributed by atoms with van der Waals surface area (Å²) in [5.41, 5.74) is 0. The normalized spacial score (nSPS) is 33.2. The van der Waals surface area contributed by atoms with Gasteiger partial charge in [0.1, 0.15) is 0 Å². The summed E-state index contributed by atoms with van der Waals surface area (Å²) in [5, 5.41) is 3.45. The smallest absolute Gasteiger partial charge is 0.0639 e. The molecule has 0 bridgehead atoms. The molecule has 70 valence electrons. The first-order valence-electron chi connectivity index (χ1n) is 5.15. The second-order valence-electron chi connectivity index (χ2n) is 4.14. The predicted octanol–water partition coefficient (Wildman–Crippen LogP) is 1.41. The molecule has 0 aromatic heterocycles. The maximum Gasteiger partial charge on any atom is 0.0639 e. The van der Waals surface area contributed by atoms with Crippen LogP contribution in [0.5, 0.6) is 0 Å². The molecule has 0 aromatic carbocycles. The molecule has 1 saturated heterocycles. The molecule has 2 rings (SSSR count). The van der Waals surface area contributed by atoms with Gasteiger partial charge in [0.25, 0.3) is 0 Å². The Morgan fingerprint density at radius 3 is 2.58 bits per heavy atom. The van der Waals surface area contributed by atoms with Crippen molar-refractivity contribution in [3.8, 4) is 0 Å². The van der Waals surface area contributed by atoms with E-state index in [2.05, 4.69) is 5.32 Å². The van der Waals surface area contributed by atoms with Crippen LogP contribution in [0.2, 0.25) is 0 Å². The van der Waals surface area contributed by atoms with Gasteiger partial charge in [-0.2, -0.15) is 0 Å². The summed E-state index contributed by atoms with van der Waals surface area (Å²) in [6.45, 7) is 2.38. The van der Waals surface area contributed by atoms with Crippen LogP contribution in [0.25, 0.3) is 0 Å². The van der Waals surface area contributed by atoms with Gasteiger partial charge in [0, 0.05) is 13.7 Å². The summed E-state index contributed by atoms with van der Waals surface area (Å²) in [7, 11) is 1.87. The highest BCUT2D eigenvalue weighted by Gasteiger charge is 2.36. The van der Waals surface area contributed by atoms with E-state index in [-0.39, 0.29) is 0 Å². The lowest BCUT2D eigenvalue weighted by Crippen LogP contribution is -2.38. The molecule has 1 aliphatic heterocycles. The van der Waals surface area contributed by atoms with Crippen molar-refractivity contribution in [2.24, 2.45) is 11.8 Å². The molecule has 0 radical (unpaired) electrons. The molecule has 0 aromatic rings. The Morgan fingerprint density at radius 1 is 1.25 bits per heavy atom. The van der Waals surface area contributed by atoms with Gasteiger partial charge >= 0.3 is 0 Å². The van der Waals surface area contributed by atoms with Crippen LogP contribution in [0.1, 0.15) is 25.7 Å². The number of piperidine rings is 1. The van der Waals surface area contributed by atoms with Crippen molar-refractivity contribution < 1.29 is 4.74 Å². The van der Waals surface area contributed by atoms with Crippen molar-refractivity contribution >= 4 is 0 Å². The zero-order valence-corrected chi connectivity index (χ0v) is 7.88. The fraction of sp³-hybridized carbons (Fsp3) is 1.00. The molecule has 2 fully saturated rings. The third kappa shape index (κ3) is 1.80. The fourth-order valence-corrected chi connectivity index (χ4v) is 2.35. The Labute approximate surface area is 74.7 Å². The number of hydrogen-bond acceptors (Lipinski definition) is 2. The van der Waals surface area contributed by atoms with E-state index in [4.69, 9.17) is 4.74 Å². The second kappa shape index (κ2) is 3.75. The van der Waals surface area contributed by atoms with Crippen LogP contribution in [0, 0.1) is 11.8 Å². The molecule has 1 N–H and O–H groups in total. The van der Waals surface area contributed by atoms with Gasteiger partial charge < -0.3 is 10.1 Å². The summed E-state index contributed by atoms with van der Waals surface area (Å²) < 4.78 is 5.57. The first-order chi connectivity index (χ1) is 5.92. The Morgan fingerprint density at radius 2 is 2.08 bits per heavy atom. The van der Waals surface area contributed by atoms with E-state index in [0.717, 1.165) is 11.8 Å². The molecular formula is C10H19NO. The van der Waals surface area contributed by atoms with Crippen LogP contribution in [0.4, 0.5) is 0 Å². The Balaban J connectivity index is 1.85. The van der Waals surface area contributed by atoms with Gasteiger partial charge in [-0.05, 0) is 44.1 Å². The first-order valence-corrected chi connectivity index (χ1v) is 5.15. The van der Waals surface area contributed by atoms with E-state index in [9.17, 15) is 0 Å². The summed E-state index contributed by atoms with van der Waals surface area (Å²) in [6.07, 6.45) is 6.04. The SMILES string of the molecule is COC(C1CC1)C1CCCNC1. The third-order valence-corrected chi connectivity index (χ3v) is 3.16. The number of methoxy groups -OCH3 is 1. The van der Waals surface area contributed by atoms with Gasteiger partial charge in [-0.25, -0.2) is 0 Å². The molecule has 2 atom stereocenters. The molecular weight excluding hydrogens is 150 g/mol. The van der Waals surface area contributed by atoms with E-state index < -0.39 is 0 Å². The van der Waals surface area contributed by atoms with Crippen molar-refractivity contribution in [2.75, 3.05) is 20.2 Å². The second-order valence-corrected chi connectivity index (χ2v) is 4.14. The van der Waals surface area contributed by atoms with Crippen molar-refractivity contribution in [3.63, 3.8) is 0 Å². The van der Waals surface area contributed by atoms with E-state index in [1.54, 1.807) is 0 Å². The van der Waals surface area contributed by atoms with Gasteiger partial charge in [-0.15, -0.1) is 0 Å². The van der Waals surface area contributed by atoms with Crippen molar-refractivity contribution in [1.82, 2.24) is 5.32 Å². The summed E-state index contributed by atoms with van der Waals surface area (Å²) in [6, 6.07) is 0. The zero-order valence-electron chi connectivity index (χ0n) is 7.88. The lowest BCUT2D eigenvalue weighted by molar-refractivity contribution is 0.0256. The van der Waals surface area contributed by atoms with Crippen LogP contribution < -0.4 is 5.32 Å². The molecule has 2 nitrogen and oxygen atoms in total. The van der Waals surface area contributed by atoms with Gasteiger partial charge in [-0.1, -0.05) is 0 Å². The monoisotopic (exact) mass is 169 g/mol. The molecule has 2 heteroatoms. The van der Waals surface area contributed by atoms with Crippen LogP contribution in [-0.4, -0.2) is 26.3 Å². The first kappa shape index (κ1) is 8.52. The largest absolute Gasteiger partial charge is 0.381 e. The molecule has 1 heterocycles. The third-order valence-electron chi connectivity index (χ3n) is 3.16. The van der Waals surface area contributed by atoms with E-state index in [0.29, 0.717) is 6.10 Å². The molecule has 2 unspecified atom stereocenters. The van der Waals surface area contributed by atoms with Gasteiger partial charge in [-0.3, -0.25) is 0 Å². The highest BCUT2D eigenvalue weighted by atomic mass is 16.5. The van der Waals surface area contributed by atoms with Crippen molar-refractivity contribution in [2.45, 2.75) is 31.8 Å². The quantitative estimate of drug-likeness (QED) is 0.689. The Kier molecular flexibility index (Phi) is 2.66. The van der Waals surface area contributed by atoms with Crippen LogP contribution >= 0.6 is 0 Å². The van der Waals surface area contributed by atoms with E-state index >= 15 is 0 Å². The lowest BCUT2D eigenvalue weighted by Gasteiger charge is -2.29. The molecule has 0 amide bonds. The van der Waals surface area contributed by atoms with Gasteiger partial charge in [0.2, 0.25) is 0 Å². The number of nitrogens with one attached hydrogen (secondary N) is 1. The van der Waals surface area contributed by atoms with Crippen LogP contribution in [-0.2, 0) is 4.74 Å². The zero-order chi connectivity index (χ0) is 8.39. The summed E-state index contributed by atoms with van der Waals surface area (Å²) >= 11 is 0. The molecule has 2 aliphatic rings. The average Bonchev–Trinajstić information content (AvgIpc) is 2.92. The van der Waals surface area contributed by atoms with Crippen LogP contribution in [0.15, 0.2) is 0 Å². The van der Waals surface area contributed by atoms with Gasteiger partial charge in [0.15, 0.2) is 0 Å². The molecule has 1 aliphatic carbocycles. The topological polar surface area (TPSA) is 21.3 Å². The number of ether oxygens (including phenoxy) is 1. The highest BCUT2D eigenvalue weighted by Crippen LogP contribution is 2.38. The number of hydrogen-bond donors (Lipinski definition) is 1. The predicted molar refractivity (Wildman–Crippen MR) is 49.1 cm³/mol. The number of rotatable bonds is 3. The summed E-state index contributed by atoms with van der Waals surface area (Å²) in [5.74, 6) is 1.68. The molecule has 0 spiro atoms. The average molecular weight is 169 g/mol. The minimum absolute atomic E-state index is 0.554. The highest BCUT2D eigenvalue weighted by molar-refractivity contribution is 4.88. The van der Waals surface area contributed by atoms with E-state index in [1.165, 1.54) is 38.8 Å². The minimum Gasteiger partial charge on any atom is -0.381 e. The Bertz CT molecular complexity index is 139. The van der Waals surface area contributed by atoms with E-state index in [1.807, 2.05) is 7.11 Å². The fourth-order valence-electron chi connectivity index (χ4n) is 2.35. The van der Waals surface area contributed by atoms with Crippen molar-refractivity contribution in [1.29, 1.82) is 0 Å². The van der Waals surface area contributed by atoms with Gasteiger partial charge in [0.05, 0.1) is 6.10 Å². The molecule has 1 saturated carbocycles. The van der Waals surface area contributed by atoms with Crippen LogP contribution in [0.3, 0.4) is 0 Å². The standard InChI is InChI=1S/C10H19NO/c1-12-10(8-4-5-8)9-3-2-6-11-7-9/h8-11H,2-7H2,1H3. The maximum absolute atomic E-state index is 5.57. The Hall–Kier alpha value is -0.0800.